The van der Waals surface area contributed by atoms with Gasteiger partial charge in [-0.15, -0.1) is 0 Å². The molecule has 0 aromatic carbocycles. The Balaban J connectivity index is 1.65. The van der Waals surface area contributed by atoms with E-state index in [0.717, 1.165) is 25.7 Å². The summed E-state index contributed by atoms with van der Waals surface area (Å²) in [6.07, 6.45) is 3.98. The van der Waals surface area contributed by atoms with Gasteiger partial charge in [0.1, 0.15) is 0 Å². The van der Waals surface area contributed by atoms with Gasteiger partial charge in [-0.05, 0) is 32.1 Å². The molecule has 2 heteroatoms. The van der Waals surface area contributed by atoms with E-state index in [9.17, 15) is 0 Å². The van der Waals surface area contributed by atoms with Gasteiger partial charge >= 0.3 is 0 Å². The van der Waals surface area contributed by atoms with E-state index in [1.807, 2.05) is 0 Å². The third kappa shape index (κ3) is 1.94. The Morgan fingerprint density at radius 3 is 2.91 bits per heavy atom. The number of ether oxygens (including phenoxy) is 1. The summed E-state index contributed by atoms with van der Waals surface area (Å²) >= 11 is 0. The molecule has 2 fully saturated rings. The standard InChI is InChI=1S/C9H17NO/c1-9(3-4-9)10-6-8-2-5-11-7-8/h8,10H,2-7H2,1H3. The SMILES string of the molecule is CC1(NCC2CCOC2)CC1. The third-order valence-corrected chi connectivity index (χ3v) is 2.84. The number of nitrogens with one attached hydrogen (secondary N) is 1. The first kappa shape index (κ1) is 7.56. The van der Waals surface area contributed by atoms with Crippen molar-refractivity contribution in [3.05, 3.63) is 0 Å². The van der Waals surface area contributed by atoms with Gasteiger partial charge in [-0.1, -0.05) is 0 Å². The lowest BCUT2D eigenvalue weighted by molar-refractivity contribution is 0.184. The lowest BCUT2D eigenvalue weighted by atomic mass is 10.1. The Bertz CT molecular complexity index is 136. The molecule has 1 heterocycles. The Labute approximate surface area is 68.3 Å². The summed E-state index contributed by atoms with van der Waals surface area (Å²) in [4.78, 5) is 0. The minimum Gasteiger partial charge on any atom is -0.381 e. The fraction of sp³-hybridized carbons (Fsp3) is 1.00. The highest BCUT2D eigenvalue weighted by Crippen LogP contribution is 2.34. The maximum atomic E-state index is 5.30. The summed E-state index contributed by atoms with van der Waals surface area (Å²) in [6, 6.07) is 0. The smallest absolute Gasteiger partial charge is 0.0507 e. The quantitative estimate of drug-likeness (QED) is 0.660. The highest BCUT2D eigenvalue weighted by molar-refractivity contribution is 4.97. The van der Waals surface area contributed by atoms with E-state index in [-0.39, 0.29) is 0 Å². The van der Waals surface area contributed by atoms with Gasteiger partial charge in [-0.2, -0.15) is 0 Å². The van der Waals surface area contributed by atoms with Crippen LogP contribution in [0.3, 0.4) is 0 Å². The molecule has 1 aliphatic heterocycles. The largest absolute Gasteiger partial charge is 0.381 e. The Morgan fingerprint density at radius 2 is 2.36 bits per heavy atom. The predicted molar refractivity (Wildman–Crippen MR) is 44.6 cm³/mol. The molecule has 1 aliphatic carbocycles. The summed E-state index contributed by atoms with van der Waals surface area (Å²) in [7, 11) is 0. The first-order valence-corrected chi connectivity index (χ1v) is 4.61. The van der Waals surface area contributed by atoms with Crippen molar-refractivity contribution in [1.82, 2.24) is 5.32 Å². The van der Waals surface area contributed by atoms with Gasteiger partial charge < -0.3 is 10.1 Å². The maximum Gasteiger partial charge on any atom is 0.0507 e. The average Bonchev–Trinajstić information content (AvgIpc) is 2.53. The zero-order valence-corrected chi connectivity index (χ0v) is 7.23. The number of hydrogen-bond acceptors (Lipinski definition) is 2. The van der Waals surface area contributed by atoms with Crippen molar-refractivity contribution >= 4 is 0 Å². The van der Waals surface area contributed by atoms with Crippen LogP contribution in [0, 0.1) is 5.92 Å². The second-order valence-electron chi connectivity index (χ2n) is 4.17. The van der Waals surface area contributed by atoms with Gasteiger partial charge in [0, 0.05) is 18.7 Å². The van der Waals surface area contributed by atoms with Crippen LogP contribution in [0.15, 0.2) is 0 Å². The van der Waals surface area contributed by atoms with Crippen LogP contribution in [-0.4, -0.2) is 25.3 Å². The Kier molecular flexibility index (Phi) is 1.90. The van der Waals surface area contributed by atoms with Crippen LogP contribution in [0.4, 0.5) is 0 Å². The van der Waals surface area contributed by atoms with Crippen LogP contribution in [-0.2, 0) is 4.74 Å². The molecule has 1 N–H and O–H groups in total. The van der Waals surface area contributed by atoms with Crippen LogP contribution in [0.25, 0.3) is 0 Å². The summed E-state index contributed by atoms with van der Waals surface area (Å²) in [5.74, 6) is 0.785. The third-order valence-electron chi connectivity index (χ3n) is 2.84. The lowest BCUT2D eigenvalue weighted by Crippen LogP contribution is -2.32. The topological polar surface area (TPSA) is 21.3 Å². The van der Waals surface area contributed by atoms with Crippen molar-refractivity contribution in [2.45, 2.75) is 31.7 Å². The Hall–Kier alpha value is -0.0800. The predicted octanol–water partition coefficient (Wildman–Crippen LogP) is 1.17. The van der Waals surface area contributed by atoms with Gasteiger partial charge in [0.25, 0.3) is 0 Å². The Morgan fingerprint density at radius 1 is 1.55 bits per heavy atom. The first-order chi connectivity index (χ1) is 5.29. The molecule has 64 valence electrons. The molecule has 2 rings (SSSR count). The van der Waals surface area contributed by atoms with Crippen LogP contribution in [0.1, 0.15) is 26.2 Å². The monoisotopic (exact) mass is 155 g/mol. The molecule has 2 aliphatic rings. The van der Waals surface area contributed by atoms with Crippen LogP contribution in [0.2, 0.25) is 0 Å². The maximum absolute atomic E-state index is 5.30. The van der Waals surface area contributed by atoms with E-state index in [4.69, 9.17) is 4.74 Å². The van der Waals surface area contributed by atoms with Crippen molar-refractivity contribution < 1.29 is 4.74 Å². The second kappa shape index (κ2) is 2.76. The summed E-state index contributed by atoms with van der Waals surface area (Å²) in [6.45, 7) is 5.42. The van der Waals surface area contributed by atoms with E-state index >= 15 is 0 Å². The zero-order valence-electron chi connectivity index (χ0n) is 7.23. The lowest BCUT2D eigenvalue weighted by Gasteiger charge is -2.14. The molecule has 0 radical (unpaired) electrons. The van der Waals surface area contributed by atoms with Gasteiger partial charge in [0.15, 0.2) is 0 Å². The molecule has 11 heavy (non-hydrogen) atoms. The molecule has 1 saturated heterocycles. The first-order valence-electron chi connectivity index (χ1n) is 4.61. The van der Waals surface area contributed by atoms with E-state index in [2.05, 4.69) is 12.2 Å². The van der Waals surface area contributed by atoms with Crippen LogP contribution >= 0.6 is 0 Å². The van der Waals surface area contributed by atoms with Crippen molar-refractivity contribution in [3.63, 3.8) is 0 Å². The molecule has 1 unspecified atom stereocenters. The average molecular weight is 155 g/mol. The molecule has 1 atom stereocenters. The highest BCUT2D eigenvalue weighted by atomic mass is 16.5. The normalized spacial score (nSPS) is 34.1. The van der Waals surface area contributed by atoms with Crippen molar-refractivity contribution in [2.75, 3.05) is 19.8 Å². The number of hydrogen-bond donors (Lipinski definition) is 1. The fourth-order valence-corrected chi connectivity index (χ4v) is 1.50. The van der Waals surface area contributed by atoms with E-state index in [1.54, 1.807) is 0 Å². The van der Waals surface area contributed by atoms with E-state index in [0.29, 0.717) is 5.54 Å². The summed E-state index contributed by atoms with van der Waals surface area (Å²) in [5.41, 5.74) is 0.503. The van der Waals surface area contributed by atoms with E-state index in [1.165, 1.54) is 19.3 Å². The zero-order chi connectivity index (χ0) is 7.73. The molecule has 0 spiro atoms. The summed E-state index contributed by atoms with van der Waals surface area (Å²) < 4.78 is 5.30. The van der Waals surface area contributed by atoms with E-state index < -0.39 is 0 Å². The molecular weight excluding hydrogens is 138 g/mol. The highest BCUT2D eigenvalue weighted by Gasteiger charge is 2.37. The molecule has 0 aromatic heterocycles. The molecule has 0 aromatic rings. The van der Waals surface area contributed by atoms with Crippen molar-refractivity contribution in [1.29, 1.82) is 0 Å². The molecule has 2 nitrogen and oxygen atoms in total. The summed E-state index contributed by atoms with van der Waals surface area (Å²) in [5, 5.41) is 3.59. The van der Waals surface area contributed by atoms with Crippen molar-refractivity contribution in [2.24, 2.45) is 5.92 Å². The van der Waals surface area contributed by atoms with Gasteiger partial charge in [-0.25, -0.2) is 0 Å². The van der Waals surface area contributed by atoms with Crippen LogP contribution < -0.4 is 5.32 Å². The molecule has 1 saturated carbocycles. The number of rotatable bonds is 3. The molecule has 0 bridgehead atoms. The minimum atomic E-state index is 0.503. The van der Waals surface area contributed by atoms with Crippen molar-refractivity contribution in [3.8, 4) is 0 Å². The van der Waals surface area contributed by atoms with Gasteiger partial charge in [-0.3, -0.25) is 0 Å². The molecule has 0 amide bonds. The van der Waals surface area contributed by atoms with Crippen LogP contribution in [0.5, 0.6) is 0 Å². The second-order valence-corrected chi connectivity index (χ2v) is 4.17. The minimum absolute atomic E-state index is 0.503. The van der Waals surface area contributed by atoms with Gasteiger partial charge in [0.2, 0.25) is 0 Å². The van der Waals surface area contributed by atoms with Gasteiger partial charge in [0.05, 0.1) is 6.61 Å². The fourth-order valence-electron chi connectivity index (χ4n) is 1.50. The molecular formula is C9H17NO.